The number of hydrogen-bond donors (Lipinski definition) is 0. The lowest BCUT2D eigenvalue weighted by Crippen LogP contribution is -2.20. The van der Waals surface area contributed by atoms with E-state index in [4.69, 9.17) is 4.74 Å². The van der Waals surface area contributed by atoms with Gasteiger partial charge < -0.3 is 9.64 Å². The van der Waals surface area contributed by atoms with Crippen molar-refractivity contribution in [2.75, 3.05) is 20.1 Å². The predicted molar refractivity (Wildman–Crippen MR) is 115 cm³/mol. The fourth-order valence-corrected chi connectivity index (χ4v) is 3.31. The highest BCUT2D eigenvalue weighted by Gasteiger charge is 2.11. The van der Waals surface area contributed by atoms with Gasteiger partial charge in [0.15, 0.2) is 5.82 Å². The first-order valence-electron chi connectivity index (χ1n) is 8.92. The van der Waals surface area contributed by atoms with E-state index in [0.29, 0.717) is 11.0 Å². The Morgan fingerprint density at radius 3 is 2.52 bits per heavy atom. The van der Waals surface area contributed by atoms with Crippen LogP contribution in [0.1, 0.15) is 23.6 Å². The monoisotopic (exact) mass is 403 g/mol. The van der Waals surface area contributed by atoms with E-state index in [2.05, 4.69) is 54.2 Å². The summed E-state index contributed by atoms with van der Waals surface area (Å²) in [7, 11) is 2.15. The van der Waals surface area contributed by atoms with Gasteiger partial charge in [-0.1, -0.05) is 43.3 Å². The quantitative estimate of drug-likeness (QED) is 0.519. The molecule has 0 amide bonds. The molecule has 0 unspecified atom stereocenters. The van der Waals surface area contributed by atoms with Crippen molar-refractivity contribution in [1.82, 2.24) is 14.3 Å². The van der Waals surface area contributed by atoms with Crippen LogP contribution >= 0.6 is 23.9 Å². The Morgan fingerprint density at radius 1 is 1.07 bits per heavy atom. The van der Waals surface area contributed by atoms with Crippen molar-refractivity contribution in [3.8, 4) is 22.3 Å². The Bertz CT molecular complexity index is 867. The van der Waals surface area contributed by atoms with Gasteiger partial charge in [0.25, 0.3) is 5.19 Å². The molecular weight excluding hydrogens is 378 g/mol. The minimum absolute atomic E-state index is 0. The predicted octanol–water partition coefficient (Wildman–Crippen LogP) is 5.53. The van der Waals surface area contributed by atoms with E-state index < -0.39 is 0 Å². The number of hydrogen-bond acceptors (Lipinski definition) is 5. The number of aryl methyl sites for hydroxylation is 2. The third-order valence-electron chi connectivity index (χ3n) is 4.57. The summed E-state index contributed by atoms with van der Waals surface area (Å²) in [6.07, 6.45) is 1.05. The molecule has 1 aromatic heterocycles. The van der Waals surface area contributed by atoms with Crippen LogP contribution < -0.4 is 4.74 Å². The molecule has 6 heteroatoms. The van der Waals surface area contributed by atoms with E-state index in [0.717, 1.165) is 36.4 Å². The number of aromatic nitrogens is 2. The number of benzene rings is 2. The molecule has 0 aliphatic carbocycles. The van der Waals surface area contributed by atoms with Crippen LogP contribution in [0.2, 0.25) is 0 Å². The van der Waals surface area contributed by atoms with Crippen LogP contribution in [0.3, 0.4) is 0 Å². The van der Waals surface area contributed by atoms with Crippen molar-refractivity contribution in [1.29, 1.82) is 0 Å². The Labute approximate surface area is 171 Å². The minimum Gasteiger partial charge on any atom is -0.430 e. The van der Waals surface area contributed by atoms with Crippen LogP contribution in [0, 0.1) is 13.8 Å². The smallest absolute Gasteiger partial charge is 0.299 e. The highest BCUT2D eigenvalue weighted by molar-refractivity contribution is 7.07. The van der Waals surface area contributed by atoms with Gasteiger partial charge in [0.2, 0.25) is 0 Å². The molecule has 0 N–H and O–H groups in total. The second kappa shape index (κ2) is 9.83. The van der Waals surface area contributed by atoms with Gasteiger partial charge >= 0.3 is 0 Å². The van der Waals surface area contributed by atoms with Crippen molar-refractivity contribution < 1.29 is 4.74 Å². The van der Waals surface area contributed by atoms with Crippen molar-refractivity contribution in [3.05, 3.63) is 59.2 Å². The lowest BCUT2D eigenvalue weighted by molar-refractivity contribution is 0.357. The zero-order valence-electron chi connectivity index (χ0n) is 16.2. The molecule has 144 valence electrons. The van der Waals surface area contributed by atoms with E-state index >= 15 is 0 Å². The Morgan fingerprint density at radius 2 is 1.81 bits per heavy atom. The number of halogens is 1. The van der Waals surface area contributed by atoms with Gasteiger partial charge in [-0.15, -0.1) is 12.4 Å². The summed E-state index contributed by atoms with van der Waals surface area (Å²) in [4.78, 5) is 6.84. The first kappa shape index (κ1) is 21.4. The van der Waals surface area contributed by atoms with Crippen LogP contribution in [0.25, 0.3) is 11.4 Å². The largest absolute Gasteiger partial charge is 0.430 e. The van der Waals surface area contributed by atoms with E-state index in [9.17, 15) is 0 Å². The summed E-state index contributed by atoms with van der Waals surface area (Å²) in [6.45, 7) is 8.54. The molecule has 0 aliphatic heterocycles. The average Bonchev–Trinajstić information content (AvgIpc) is 3.12. The summed E-state index contributed by atoms with van der Waals surface area (Å²) in [5, 5.41) is 0.574. The minimum atomic E-state index is 0. The maximum atomic E-state index is 6.03. The number of nitrogens with zero attached hydrogens (tertiary/aromatic N) is 3. The molecule has 3 rings (SSSR count). The molecule has 0 aliphatic rings. The lowest BCUT2D eigenvalue weighted by Gasteiger charge is -2.16. The third kappa shape index (κ3) is 5.51. The Kier molecular flexibility index (Phi) is 7.78. The second-order valence-corrected chi connectivity index (χ2v) is 7.26. The zero-order chi connectivity index (χ0) is 18.5. The molecule has 0 fully saturated rings. The Balaban J connectivity index is 0.00000261. The molecule has 27 heavy (non-hydrogen) atoms. The van der Waals surface area contributed by atoms with Gasteiger partial charge in [0.05, 0.1) is 0 Å². The van der Waals surface area contributed by atoms with Crippen LogP contribution in [0.15, 0.2) is 42.5 Å². The zero-order valence-corrected chi connectivity index (χ0v) is 17.9. The van der Waals surface area contributed by atoms with Crippen molar-refractivity contribution in [2.45, 2.75) is 27.2 Å². The van der Waals surface area contributed by atoms with Gasteiger partial charge in [-0.3, -0.25) is 0 Å². The molecule has 0 saturated heterocycles. The van der Waals surface area contributed by atoms with E-state index in [-0.39, 0.29) is 12.4 Å². The molecule has 0 bridgehead atoms. The summed E-state index contributed by atoms with van der Waals surface area (Å²) in [6, 6.07) is 14.3. The first-order valence-corrected chi connectivity index (χ1v) is 9.69. The van der Waals surface area contributed by atoms with Gasteiger partial charge in [-0.25, -0.2) is 0 Å². The highest BCUT2D eigenvalue weighted by Crippen LogP contribution is 2.31. The lowest BCUT2D eigenvalue weighted by atomic mass is 10.0. The molecule has 0 saturated carbocycles. The third-order valence-corrected chi connectivity index (χ3v) is 5.17. The normalized spacial score (nSPS) is 10.7. The SMILES string of the molecule is CCN(C)CCc1cc(C)c(Oc2nc(-c3ccccc3)ns2)cc1C.Cl. The van der Waals surface area contributed by atoms with Gasteiger partial charge in [0, 0.05) is 23.6 Å². The van der Waals surface area contributed by atoms with Crippen molar-refractivity contribution in [3.63, 3.8) is 0 Å². The molecule has 0 radical (unpaired) electrons. The van der Waals surface area contributed by atoms with E-state index in [1.807, 2.05) is 30.3 Å². The highest BCUT2D eigenvalue weighted by atomic mass is 35.5. The van der Waals surface area contributed by atoms with Crippen molar-refractivity contribution in [2.24, 2.45) is 0 Å². The van der Waals surface area contributed by atoms with E-state index in [1.54, 1.807) is 0 Å². The van der Waals surface area contributed by atoms with Gasteiger partial charge in [-0.05, 0) is 56.6 Å². The molecule has 3 aromatic rings. The summed E-state index contributed by atoms with van der Waals surface area (Å²) < 4.78 is 10.4. The first-order chi connectivity index (χ1) is 12.6. The molecule has 2 aromatic carbocycles. The number of ether oxygens (including phenoxy) is 1. The number of rotatable bonds is 7. The van der Waals surface area contributed by atoms with Crippen LogP contribution in [0.5, 0.6) is 10.9 Å². The summed E-state index contributed by atoms with van der Waals surface area (Å²) >= 11 is 1.29. The summed E-state index contributed by atoms with van der Waals surface area (Å²) in [5.41, 5.74) is 4.75. The molecule has 1 heterocycles. The molecular formula is C21H26ClN3OS. The standard InChI is InChI=1S/C21H25N3OS.ClH/c1-5-24(4)12-11-18-13-16(3)19(14-15(18)2)25-21-22-20(23-26-21)17-9-7-6-8-10-17;/h6-10,13-14H,5,11-12H2,1-4H3;1H. The van der Waals surface area contributed by atoms with E-state index in [1.165, 1.54) is 22.7 Å². The van der Waals surface area contributed by atoms with Crippen LogP contribution in [-0.2, 0) is 6.42 Å². The maximum Gasteiger partial charge on any atom is 0.299 e. The van der Waals surface area contributed by atoms with Gasteiger partial charge in [0.1, 0.15) is 5.75 Å². The van der Waals surface area contributed by atoms with Gasteiger partial charge in [-0.2, -0.15) is 9.36 Å². The summed E-state index contributed by atoms with van der Waals surface area (Å²) in [5.74, 6) is 1.56. The van der Waals surface area contributed by atoms with Crippen molar-refractivity contribution >= 4 is 23.9 Å². The molecule has 0 spiro atoms. The Hall–Kier alpha value is -1.95. The topological polar surface area (TPSA) is 38.2 Å². The van der Waals surface area contributed by atoms with Crippen LogP contribution in [0.4, 0.5) is 0 Å². The fraction of sp³-hybridized carbons (Fsp3) is 0.333. The molecule has 4 nitrogen and oxygen atoms in total. The molecule has 0 atom stereocenters. The second-order valence-electron chi connectivity index (χ2n) is 6.54. The fourth-order valence-electron chi connectivity index (χ4n) is 2.75. The number of likely N-dealkylation sites (N-methyl/N-ethyl adjacent to an activating group) is 1. The average molecular weight is 404 g/mol. The van der Waals surface area contributed by atoms with Crippen LogP contribution in [-0.4, -0.2) is 34.4 Å². The maximum absolute atomic E-state index is 6.03.